The number of nitrogens with zero attached hydrogens (tertiary/aromatic N) is 1. The molecular formula is C21H37N5O6. The Balaban J connectivity index is 2.94. The van der Waals surface area contributed by atoms with Gasteiger partial charge in [0.15, 0.2) is 0 Å². The number of carbonyl (C=O) groups excluding carboxylic acids is 4. The van der Waals surface area contributed by atoms with Crippen molar-refractivity contribution in [3.05, 3.63) is 0 Å². The van der Waals surface area contributed by atoms with E-state index >= 15 is 0 Å². The Bertz CT molecular complexity index is 713. The molecule has 7 N–H and O–H groups in total. The van der Waals surface area contributed by atoms with Crippen molar-refractivity contribution in [2.45, 2.75) is 84.0 Å². The normalized spacial score (nSPS) is 19.7. The van der Waals surface area contributed by atoms with Crippen molar-refractivity contribution in [2.75, 3.05) is 6.54 Å². The van der Waals surface area contributed by atoms with E-state index in [2.05, 4.69) is 10.6 Å². The van der Waals surface area contributed by atoms with E-state index in [4.69, 9.17) is 11.5 Å². The molecule has 1 aliphatic rings. The van der Waals surface area contributed by atoms with Gasteiger partial charge in [-0.05, 0) is 31.1 Å². The summed E-state index contributed by atoms with van der Waals surface area (Å²) in [5, 5.41) is 14.4. The summed E-state index contributed by atoms with van der Waals surface area (Å²) in [6.45, 7) is 7.66. The van der Waals surface area contributed by atoms with Crippen molar-refractivity contribution in [3.63, 3.8) is 0 Å². The molecule has 0 aliphatic carbocycles. The highest BCUT2D eigenvalue weighted by molar-refractivity contribution is 5.94. The summed E-state index contributed by atoms with van der Waals surface area (Å²) in [5.41, 5.74) is 11.1. The highest BCUT2D eigenvalue weighted by Crippen LogP contribution is 2.21. The van der Waals surface area contributed by atoms with Crippen molar-refractivity contribution >= 4 is 29.6 Å². The quantitative estimate of drug-likeness (QED) is 0.258. The Labute approximate surface area is 188 Å². The molecule has 1 heterocycles. The Morgan fingerprint density at radius 3 is 2.25 bits per heavy atom. The van der Waals surface area contributed by atoms with Crippen LogP contribution in [0.15, 0.2) is 0 Å². The number of aliphatic carboxylic acids is 1. The Morgan fingerprint density at radius 2 is 1.75 bits per heavy atom. The number of hydrogen-bond donors (Lipinski definition) is 5. The van der Waals surface area contributed by atoms with Crippen LogP contribution in [0, 0.1) is 11.8 Å². The fourth-order valence-electron chi connectivity index (χ4n) is 3.54. The van der Waals surface area contributed by atoms with Crippen LogP contribution in [-0.4, -0.2) is 70.3 Å². The van der Waals surface area contributed by atoms with Crippen molar-refractivity contribution < 1.29 is 29.1 Å². The van der Waals surface area contributed by atoms with Gasteiger partial charge in [0, 0.05) is 13.0 Å². The lowest BCUT2D eigenvalue weighted by Gasteiger charge is -2.31. The third-order valence-corrected chi connectivity index (χ3v) is 5.93. The maximum Gasteiger partial charge on any atom is 0.326 e. The fourth-order valence-corrected chi connectivity index (χ4v) is 3.54. The third kappa shape index (κ3) is 7.47. The van der Waals surface area contributed by atoms with Gasteiger partial charge in [-0.2, -0.15) is 0 Å². The molecule has 1 saturated heterocycles. The van der Waals surface area contributed by atoms with Gasteiger partial charge in [-0.1, -0.05) is 34.1 Å². The number of hydrogen-bond acceptors (Lipinski definition) is 6. The Kier molecular flexibility index (Phi) is 10.6. The number of carbonyl (C=O) groups is 5. The summed E-state index contributed by atoms with van der Waals surface area (Å²) in [5.74, 6) is -3.81. The first-order valence-electron chi connectivity index (χ1n) is 11.1. The highest BCUT2D eigenvalue weighted by Gasteiger charge is 2.39. The Morgan fingerprint density at radius 1 is 1.12 bits per heavy atom. The van der Waals surface area contributed by atoms with Crippen LogP contribution in [0.25, 0.3) is 0 Å². The number of primary amides is 1. The lowest BCUT2D eigenvalue weighted by molar-refractivity contribution is -0.144. The summed E-state index contributed by atoms with van der Waals surface area (Å²) in [6.07, 6.45) is 1.28. The van der Waals surface area contributed by atoms with Gasteiger partial charge in [0.2, 0.25) is 23.6 Å². The van der Waals surface area contributed by atoms with Gasteiger partial charge in [-0.15, -0.1) is 0 Å². The zero-order valence-corrected chi connectivity index (χ0v) is 19.3. The maximum absolute atomic E-state index is 13.0. The molecule has 0 aromatic heterocycles. The minimum Gasteiger partial charge on any atom is -0.480 e. The van der Waals surface area contributed by atoms with Crippen LogP contribution in [0.4, 0.5) is 0 Å². The molecule has 32 heavy (non-hydrogen) atoms. The third-order valence-electron chi connectivity index (χ3n) is 5.93. The molecule has 182 valence electrons. The zero-order valence-electron chi connectivity index (χ0n) is 19.3. The molecule has 4 amide bonds. The molecule has 0 radical (unpaired) electrons. The van der Waals surface area contributed by atoms with Gasteiger partial charge in [0.1, 0.15) is 18.1 Å². The summed E-state index contributed by atoms with van der Waals surface area (Å²) in [6, 6.07) is -3.78. The van der Waals surface area contributed by atoms with Gasteiger partial charge in [0.25, 0.3) is 0 Å². The maximum atomic E-state index is 13.0. The topological polar surface area (TPSA) is 185 Å². The first-order valence-corrected chi connectivity index (χ1v) is 11.1. The number of carboxylic acids is 1. The van der Waals surface area contributed by atoms with Crippen LogP contribution >= 0.6 is 0 Å². The SMILES string of the molecule is CCC(C)C(NC(=O)C1CCCN1C(=O)C(N)C(C)C)C(=O)NC(CCC(N)=O)C(=O)O. The number of rotatable bonds is 12. The smallest absolute Gasteiger partial charge is 0.326 e. The second kappa shape index (κ2) is 12.4. The summed E-state index contributed by atoms with van der Waals surface area (Å²) in [7, 11) is 0. The molecule has 1 rings (SSSR count). The van der Waals surface area contributed by atoms with Crippen LogP contribution in [0.1, 0.15) is 59.8 Å². The van der Waals surface area contributed by atoms with E-state index in [1.165, 1.54) is 4.90 Å². The van der Waals surface area contributed by atoms with E-state index in [-0.39, 0.29) is 30.6 Å². The predicted molar refractivity (Wildman–Crippen MR) is 117 cm³/mol. The summed E-state index contributed by atoms with van der Waals surface area (Å²) >= 11 is 0. The molecule has 0 aromatic rings. The molecule has 11 heteroatoms. The van der Waals surface area contributed by atoms with Crippen LogP contribution in [0.2, 0.25) is 0 Å². The molecule has 0 saturated carbocycles. The zero-order chi connectivity index (χ0) is 24.6. The van der Waals surface area contributed by atoms with Crippen LogP contribution in [0.5, 0.6) is 0 Å². The first kappa shape index (κ1) is 27.3. The van der Waals surface area contributed by atoms with Gasteiger partial charge in [0.05, 0.1) is 6.04 Å². The van der Waals surface area contributed by atoms with Gasteiger partial charge < -0.3 is 32.1 Å². The molecule has 0 aromatic carbocycles. The van der Waals surface area contributed by atoms with Gasteiger partial charge in [-0.3, -0.25) is 19.2 Å². The molecule has 5 atom stereocenters. The molecule has 1 aliphatic heterocycles. The van der Waals surface area contributed by atoms with Crippen LogP contribution in [0.3, 0.4) is 0 Å². The largest absolute Gasteiger partial charge is 0.480 e. The van der Waals surface area contributed by atoms with E-state index < -0.39 is 47.9 Å². The van der Waals surface area contributed by atoms with Crippen LogP contribution < -0.4 is 22.1 Å². The first-order chi connectivity index (χ1) is 14.9. The predicted octanol–water partition coefficient (Wildman–Crippen LogP) is -0.673. The second-order valence-electron chi connectivity index (χ2n) is 8.74. The monoisotopic (exact) mass is 455 g/mol. The average Bonchev–Trinajstić information content (AvgIpc) is 3.22. The number of nitrogens with two attached hydrogens (primary N) is 2. The summed E-state index contributed by atoms with van der Waals surface area (Å²) < 4.78 is 0. The van der Waals surface area contributed by atoms with E-state index in [0.29, 0.717) is 25.8 Å². The van der Waals surface area contributed by atoms with E-state index in [9.17, 15) is 29.1 Å². The molecular weight excluding hydrogens is 418 g/mol. The molecule has 0 bridgehead atoms. The van der Waals surface area contributed by atoms with Gasteiger partial charge >= 0.3 is 5.97 Å². The van der Waals surface area contributed by atoms with Crippen molar-refractivity contribution in [3.8, 4) is 0 Å². The molecule has 1 fully saturated rings. The van der Waals surface area contributed by atoms with Gasteiger partial charge in [-0.25, -0.2) is 4.79 Å². The minimum absolute atomic E-state index is 0.0844. The minimum atomic E-state index is -1.31. The molecule has 11 nitrogen and oxygen atoms in total. The van der Waals surface area contributed by atoms with Crippen molar-refractivity contribution in [1.82, 2.24) is 15.5 Å². The second-order valence-corrected chi connectivity index (χ2v) is 8.74. The van der Waals surface area contributed by atoms with Crippen molar-refractivity contribution in [1.29, 1.82) is 0 Å². The molecule has 0 spiro atoms. The van der Waals surface area contributed by atoms with E-state index in [1.54, 1.807) is 6.92 Å². The number of nitrogens with one attached hydrogen (secondary N) is 2. The highest BCUT2D eigenvalue weighted by atomic mass is 16.4. The average molecular weight is 456 g/mol. The Hall–Kier alpha value is -2.69. The number of likely N-dealkylation sites (tertiary alicyclic amines) is 1. The lowest BCUT2D eigenvalue weighted by atomic mass is 9.97. The van der Waals surface area contributed by atoms with Crippen molar-refractivity contribution in [2.24, 2.45) is 23.3 Å². The fraction of sp³-hybridized carbons (Fsp3) is 0.762. The molecule has 5 unspecified atom stereocenters. The lowest BCUT2D eigenvalue weighted by Crippen LogP contribution is -2.58. The summed E-state index contributed by atoms with van der Waals surface area (Å²) in [4.78, 5) is 62.5. The number of amides is 4. The van der Waals surface area contributed by atoms with E-state index in [1.807, 2.05) is 20.8 Å². The van der Waals surface area contributed by atoms with Crippen LogP contribution in [-0.2, 0) is 24.0 Å². The number of carboxylic acid groups (broad SMARTS) is 1. The standard InChI is InChI=1S/C21H37N5O6/c1-5-12(4)17(19(29)24-13(21(31)32)8-9-15(22)27)25-18(28)14-7-6-10-26(14)20(30)16(23)11(2)3/h11-14,16-17H,5-10,23H2,1-4H3,(H2,22,27)(H,24,29)(H,25,28)(H,31,32). The van der Waals surface area contributed by atoms with E-state index in [0.717, 1.165) is 0 Å².